The second-order valence-electron chi connectivity index (χ2n) is 12.4. The van der Waals surface area contributed by atoms with Crippen LogP contribution in [0.2, 0.25) is 0 Å². The fourth-order valence-corrected chi connectivity index (χ4v) is 9.59. The Morgan fingerprint density at radius 1 is 0.964 bits per heavy atom. The van der Waals surface area contributed by atoms with Crippen molar-refractivity contribution in [2.75, 3.05) is 0 Å². The molecular weight excluding hydrogens is 340 g/mol. The maximum atomic E-state index is 12.5. The summed E-state index contributed by atoms with van der Waals surface area (Å²) in [6.07, 6.45) is 15.9. The van der Waals surface area contributed by atoms with Crippen LogP contribution in [0.25, 0.3) is 0 Å². The Kier molecular flexibility index (Phi) is 4.30. The highest BCUT2D eigenvalue weighted by atomic mass is 16.1. The van der Waals surface area contributed by atoms with Gasteiger partial charge in [-0.3, -0.25) is 4.79 Å². The first kappa shape index (κ1) is 19.4. The number of Topliss-reactive ketones (excluding diaryl/α,β-unsaturated/α-hetero) is 1. The zero-order valence-corrected chi connectivity index (χ0v) is 19.0. The Hall–Kier alpha value is -0.590. The third-order valence-corrected chi connectivity index (χ3v) is 11.5. The minimum Gasteiger partial charge on any atom is -0.299 e. The van der Waals surface area contributed by atoms with Gasteiger partial charge in [0.15, 0.2) is 0 Å². The van der Waals surface area contributed by atoms with Gasteiger partial charge in [0.05, 0.1) is 0 Å². The molecule has 0 amide bonds. The molecule has 4 fully saturated rings. The predicted octanol–water partition coefficient (Wildman–Crippen LogP) is 7.21. The summed E-state index contributed by atoms with van der Waals surface area (Å²) in [5.74, 6) is 4.97. The molecule has 0 radical (unpaired) electrons. The first-order valence-corrected chi connectivity index (χ1v) is 12.4. The van der Waals surface area contributed by atoms with Crippen LogP contribution in [0.3, 0.4) is 0 Å². The van der Waals surface area contributed by atoms with Crippen molar-refractivity contribution in [1.82, 2.24) is 0 Å². The molecule has 0 heterocycles. The number of rotatable bonds is 0. The number of carbonyl (C=O) groups excluding carboxylic acids is 1. The highest BCUT2D eigenvalue weighted by Gasteiger charge is 2.65. The number of hydrogen-bond donors (Lipinski definition) is 0. The minimum absolute atomic E-state index is 0.288. The first-order chi connectivity index (χ1) is 13.2. The molecule has 0 bridgehead atoms. The van der Waals surface area contributed by atoms with Gasteiger partial charge in [0.2, 0.25) is 0 Å². The average Bonchev–Trinajstić information content (AvgIpc) is 2.65. The molecule has 0 aromatic heterocycles. The molecule has 156 valence electrons. The molecule has 1 nitrogen and oxygen atoms in total. The fraction of sp³-hybridized carbons (Fsp3) is 0.889. The van der Waals surface area contributed by atoms with Gasteiger partial charge >= 0.3 is 0 Å². The van der Waals surface area contributed by atoms with E-state index in [0.29, 0.717) is 27.9 Å². The second-order valence-corrected chi connectivity index (χ2v) is 12.4. The maximum Gasteiger partial charge on any atom is 0.136 e. The number of fused-ring (bicyclic) bond motifs is 7. The van der Waals surface area contributed by atoms with Crippen molar-refractivity contribution >= 4 is 5.78 Å². The van der Waals surface area contributed by atoms with E-state index >= 15 is 0 Å². The van der Waals surface area contributed by atoms with E-state index in [-0.39, 0.29) is 5.92 Å². The van der Waals surface area contributed by atoms with Crippen molar-refractivity contribution in [3.8, 4) is 0 Å². The van der Waals surface area contributed by atoms with Gasteiger partial charge in [0.25, 0.3) is 0 Å². The molecule has 4 saturated carbocycles. The summed E-state index contributed by atoms with van der Waals surface area (Å²) in [5, 5.41) is 0. The van der Waals surface area contributed by atoms with Crippen molar-refractivity contribution in [1.29, 1.82) is 0 Å². The van der Waals surface area contributed by atoms with Crippen LogP contribution in [0, 0.1) is 51.8 Å². The highest BCUT2D eigenvalue weighted by Crippen LogP contribution is 2.72. The third kappa shape index (κ3) is 2.34. The quantitative estimate of drug-likeness (QED) is 0.405. The monoisotopic (exact) mass is 382 g/mol. The first-order valence-electron chi connectivity index (χ1n) is 12.4. The van der Waals surface area contributed by atoms with Gasteiger partial charge in [-0.1, -0.05) is 52.7 Å². The van der Waals surface area contributed by atoms with Gasteiger partial charge in [-0.15, -0.1) is 0 Å². The van der Waals surface area contributed by atoms with Gasteiger partial charge < -0.3 is 0 Å². The van der Waals surface area contributed by atoms with E-state index in [1.807, 2.05) is 5.57 Å². The largest absolute Gasteiger partial charge is 0.299 e. The van der Waals surface area contributed by atoms with Crippen LogP contribution in [-0.2, 0) is 4.79 Å². The molecule has 0 aliphatic heterocycles. The average molecular weight is 383 g/mol. The van der Waals surface area contributed by atoms with E-state index in [0.717, 1.165) is 36.5 Å². The van der Waals surface area contributed by atoms with Crippen molar-refractivity contribution < 1.29 is 4.79 Å². The second kappa shape index (κ2) is 6.21. The lowest BCUT2D eigenvalue weighted by molar-refractivity contribution is -0.166. The lowest BCUT2D eigenvalue weighted by Crippen LogP contribution is -2.61. The van der Waals surface area contributed by atoms with E-state index < -0.39 is 0 Å². The third-order valence-electron chi connectivity index (χ3n) is 11.5. The summed E-state index contributed by atoms with van der Waals surface area (Å²) >= 11 is 0. The molecule has 0 saturated heterocycles. The number of allylic oxidation sites excluding steroid dienone is 2. The van der Waals surface area contributed by atoms with Gasteiger partial charge in [-0.2, -0.15) is 0 Å². The van der Waals surface area contributed by atoms with Gasteiger partial charge in [0.1, 0.15) is 5.78 Å². The van der Waals surface area contributed by atoms with Crippen LogP contribution in [0.4, 0.5) is 0 Å². The topological polar surface area (TPSA) is 17.1 Å². The van der Waals surface area contributed by atoms with Crippen molar-refractivity contribution in [2.45, 2.75) is 98.8 Å². The van der Waals surface area contributed by atoms with E-state index in [2.05, 4.69) is 40.7 Å². The van der Waals surface area contributed by atoms with Crippen LogP contribution in [0.5, 0.6) is 0 Å². The molecule has 1 heteroatoms. The summed E-state index contributed by atoms with van der Waals surface area (Å²) in [5.41, 5.74) is 3.07. The standard InChI is InChI=1S/C27H42O/c1-17-6-7-19-10-14-26(4)22(20(19)16-17)8-9-24-25(3)13-12-23(28)18(2)21(25)11-15-27(24,26)5/h8,17-21,24H,6-7,9-16H2,1-5H3. The minimum atomic E-state index is 0.288. The Morgan fingerprint density at radius 3 is 2.54 bits per heavy atom. The highest BCUT2D eigenvalue weighted by molar-refractivity contribution is 5.82. The van der Waals surface area contributed by atoms with E-state index in [9.17, 15) is 4.79 Å². The fourth-order valence-electron chi connectivity index (χ4n) is 9.59. The van der Waals surface area contributed by atoms with Crippen molar-refractivity contribution in [3.05, 3.63) is 11.6 Å². The molecule has 0 spiro atoms. The Morgan fingerprint density at radius 2 is 1.75 bits per heavy atom. The molecule has 5 aliphatic carbocycles. The van der Waals surface area contributed by atoms with Crippen molar-refractivity contribution in [3.63, 3.8) is 0 Å². The molecule has 28 heavy (non-hydrogen) atoms. The van der Waals surface area contributed by atoms with Gasteiger partial charge in [-0.25, -0.2) is 0 Å². The lowest BCUT2D eigenvalue weighted by Gasteiger charge is -2.68. The Balaban J connectivity index is 1.55. The summed E-state index contributed by atoms with van der Waals surface area (Å²) in [6.45, 7) is 12.7. The maximum absolute atomic E-state index is 12.5. The van der Waals surface area contributed by atoms with E-state index in [1.165, 1.54) is 51.4 Å². The summed E-state index contributed by atoms with van der Waals surface area (Å²) in [6, 6.07) is 0. The van der Waals surface area contributed by atoms with Crippen LogP contribution < -0.4 is 0 Å². The molecule has 0 aromatic carbocycles. The van der Waals surface area contributed by atoms with E-state index in [4.69, 9.17) is 0 Å². The molecule has 9 atom stereocenters. The Bertz CT molecular complexity index is 705. The zero-order chi connectivity index (χ0) is 19.9. The van der Waals surface area contributed by atoms with Crippen LogP contribution in [0.1, 0.15) is 98.8 Å². The molecule has 9 unspecified atom stereocenters. The number of hydrogen-bond acceptors (Lipinski definition) is 1. The normalized spacial score (nSPS) is 56.0. The van der Waals surface area contributed by atoms with Crippen LogP contribution in [-0.4, -0.2) is 5.78 Å². The lowest BCUT2D eigenvalue weighted by atomic mass is 9.36. The van der Waals surface area contributed by atoms with E-state index in [1.54, 1.807) is 0 Å². The summed E-state index contributed by atoms with van der Waals surface area (Å²) in [7, 11) is 0. The zero-order valence-electron chi connectivity index (χ0n) is 19.0. The Labute approximate surface area is 173 Å². The summed E-state index contributed by atoms with van der Waals surface area (Å²) in [4.78, 5) is 12.5. The smallest absolute Gasteiger partial charge is 0.136 e. The molecular formula is C27H42O. The summed E-state index contributed by atoms with van der Waals surface area (Å²) < 4.78 is 0. The van der Waals surface area contributed by atoms with Gasteiger partial charge in [0, 0.05) is 12.3 Å². The predicted molar refractivity (Wildman–Crippen MR) is 116 cm³/mol. The molecule has 5 aliphatic rings. The van der Waals surface area contributed by atoms with Crippen LogP contribution in [0.15, 0.2) is 11.6 Å². The molecule has 0 N–H and O–H groups in total. The number of ketones is 1. The molecule has 0 aromatic rings. The van der Waals surface area contributed by atoms with Crippen LogP contribution >= 0.6 is 0 Å². The number of carbonyl (C=O) groups is 1. The van der Waals surface area contributed by atoms with Crippen molar-refractivity contribution in [2.24, 2.45) is 51.8 Å². The van der Waals surface area contributed by atoms with Gasteiger partial charge in [-0.05, 0) is 97.2 Å². The molecule has 5 rings (SSSR count). The SMILES string of the molecule is CC1CCC2CCC3(C)C(=CCC4C5(C)CCC(=O)C(C)C5CCC43C)C2C1.